The molecule has 0 atom stereocenters. The number of hydrogen-bond donors (Lipinski definition) is 1. The molecule has 0 saturated heterocycles. The zero-order chi connectivity index (χ0) is 25.5. The van der Waals surface area contributed by atoms with Crippen LogP contribution in [0.25, 0.3) is 0 Å². The zero-order valence-corrected chi connectivity index (χ0v) is 21.3. The summed E-state index contributed by atoms with van der Waals surface area (Å²) >= 11 is 0. The normalized spacial score (nSPS) is 12.7. The number of fused-ring (bicyclic) bond motifs is 1. The molecule has 0 fully saturated rings. The molecule has 8 nitrogen and oxygen atoms in total. The minimum Gasteiger partial charge on any atom is -0.493 e. The van der Waals surface area contributed by atoms with E-state index in [9.17, 15) is 13.2 Å². The average Bonchev–Trinajstić information content (AvgIpc) is 3.32. The molecule has 3 aromatic rings. The van der Waals surface area contributed by atoms with Crippen molar-refractivity contribution in [2.45, 2.75) is 17.7 Å². The van der Waals surface area contributed by atoms with Gasteiger partial charge in [0.15, 0.2) is 11.5 Å². The highest BCUT2D eigenvalue weighted by Gasteiger charge is 2.28. The highest BCUT2D eigenvalue weighted by atomic mass is 32.2. The number of carbonyl (C=O) groups excluding carboxylic acids is 1. The molecule has 0 bridgehead atoms. The number of rotatable bonds is 11. The average molecular weight is 510 g/mol. The van der Waals surface area contributed by atoms with E-state index < -0.39 is 10.0 Å². The number of nitrogens with one attached hydrogen (secondary N) is 1. The molecule has 0 radical (unpaired) electrons. The number of benzene rings is 3. The molecule has 36 heavy (non-hydrogen) atoms. The number of amides is 1. The van der Waals surface area contributed by atoms with Crippen LogP contribution in [-0.2, 0) is 21.2 Å². The second-order valence-corrected chi connectivity index (χ2v) is 10.3. The smallest absolute Gasteiger partial charge is 0.264 e. The fraction of sp³-hybridized carbons (Fsp3) is 0.296. The van der Waals surface area contributed by atoms with Crippen molar-refractivity contribution in [3.05, 3.63) is 78.4 Å². The summed E-state index contributed by atoms with van der Waals surface area (Å²) in [6, 6.07) is 21.3. The van der Waals surface area contributed by atoms with Crippen molar-refractivity contribution in [1.82, 2.24) is 5.32 Å². The second kappa shape index (κ2) is 11.3. The topological polar surface area (TPSA) is 88.2 Å². The van der Waals surface area contributed by atoms with E-state index in [1.165, 1.54) is 43.7 Å². The third-order valence-electron chi connectivity index (χ3n) is 6.18. The highest BCUT2D eigenvalue weighted by Crippen LogP contribution is 2.32. The van der Waals surface area contributed by atoms with E-state index >= 15 is 0 Å². The summed E-state index contributed by atoms with van der Waals surface area (Å²) in [7, 11) is -1.13. The van der Waals surface area contributed by atoms with Crippen LogP contribution in [0.3, 0.4) is 0 Å². The van der Waals surface area contributed by atoms with Crippen molar-refractivity contribution in [3.8, 4) is 11.5 Å². The Balaban J connectivity index is 1.43. The Morgan fingerprint density at radius 1 is 0.972 bits per heavy atom. The summed E-state index contributed by atoms with van der Waals surface area (Å²) in [6.45, 7) is 1.91. The minimum absolute atomic E-state index is 0.00417. The maximum atomic E-state index is 13.6. The monoisotopic (exact) mass is 509 g/mol. The van der Waals surface area contributed by atoms with Crippen molar-refractivity contribution in [1.29, 1.82) is 0 Å². The molecule has 0 unspecified atom stereocenters. The molecule has 0 aromatic heterocycles. The molecule has 3 aromatic carbocycles. The number of ether oxygens (including phenoxy) is 2. The van der Waals surface area contributed by atoms with Gasteiger partial charge in [0, 0.05) is 31.4 Å². The van der Waals surface area contributed by atoms with Crippen LogP contribution < -0.4 is 24.0 Å². The molecule has 190 valence electrons. The first-order valence-electron chi connectivity index (χ1n) is 11.8. The summed E-state index contributed by atoms with van der Waals surface area (Å²) in [5.41, 5.74) is 3.00. The van der Waals surface area contributed by atoms with E-state index in [-0.39, 0.29) is 17.3 Å². The molecule has 1 amide bonds. The van der Waals surface area contributed by atoms with Crippen LogP contribution in [0.4, 0.5) is 11.4 Å². The number of nitrogens with zero attached hydrogens (tertiary/aromatic N) is 2. The van der Waals surface area contributed by atoms with Crippen molar-refractivity contribution < 1.29 is 22.7 Å². The fourth-order valence-corrected chi connectivity index (χ4v) is 5.77. The molecular formula is C27H31N3O5S. The lowest BCUT2D eigenvalue weighted by Crippen LogP contribution is -2.41. The van der Waals surface area contributed by atoms with Crippen molar-refractivity contribution in [2.75, 3.05) is 49.6 Å². The van der Waals surface area contributed by atoms with E-state index in [2.05, 4.69) is 28.4 Å². The summed E-state index contributed by atoms with van der Waals surface area (Å²) in [5, 5.41) is 2.88. The van der Waals surface area contributed by atoms with Crippen molar-refractivity contribution >= 4 is 27.3 Å². The number of carbonyl (C=O) groups is 1. The lowest BCUT2D eigenvalue weighted by molar-refractivity contribution is -0.119. The van der Waals surface area contributed by atoms with Crippen LogP contribution in [0, 0.1) is 0 Å². The Labute approximate surface area is 212 Å². The van der Waals surface area contributed by atoms with E-state index in [1.54, 1.807) is 30.3 Å². The van der Waals surface area contributed by atoms with Gasteiger partial charge >= 0.3 is 0 Å². The zero-order valence-electron chi connectivity index (χ0n) is 20.5. The highest BCUT2D eigenvalue weighted by molar-refractivity contribution is 7.92. The predicted molar refractivity (Wildman–Crippen MR) is 141 cm³/mol. The number of anilines is 2. The standard InChI is InChI=1S/C27H31N3O5S/c1-34-25-14-13-23(19-26(25)35-2)36(32,33)30(22-10-4-3-5-11-22)20-27(31)28-16-8-17-29-18-15-21-9-6-7-12-24(21)29/h3-7,9-14,19H,8,15-18,20H2,1-2H3,(H,28,31). The molecule has 1 aliphatic rings. The van der Waals surface area contributed by atoms with Gasteiger partial charge in [-0.25, -0.2) is 8.42 Å². The Morgan fingerprint density at radius 3 is 2.44 bits per heavy atom. The van der Waals surface area contributed by atoms with Crippen LogP contribution in [-0.4, -0.2) is 54.7 Å². The molecule has 0 saturated carbocycles. The van der Waals surface area contributed by atoms with E-state index in [1.807, 2.05) is 6.07 Å². The van der Waals surface area contributed by atoms with Gasteiger partial charge in [-0.1, -0.05) is 36.4 Å². The number of hydrogen-bond acceptors (Lipinski definition) is 6. The van der Waals surface area contributed by atoms with Crippen molar-refractivity contribution in [3.63, 3.8) is 0 Å². The second-order valence-electron chi connectivity index (χ2n) is 8.43. The van der Waals surface area contributed by atoms with Gasteiger partial charge in [0.2, 0.25) is 5.91 Å². The van der Waals surface area contributed by atoms with Crippen LogP contribution in [0.15, 0.2) is 77.7 Å². The summed E-state index contributed by atoms with van der Waals surface area (Å²) < 4.78 is 38.8. The molecule has 0 spiro atoms. The lowest BCUT2D eigenvalue weighted by atomic mass is 10.2. The summed E-state index contributed by atoms with van der Waals surface area (Å²) in [6.07, 6.45) is 1.79. The fourth-order valence-electron chi connectivity index (χ4n) is 4.34. The number of sulfonamides is 1. The van der Waals surface area contributed by atoms with Crippen LogP contribution in [0.2, 0.25) is 0 Å². The minimum atomic E-state index is -4.06. The molecule has 0 aliphatic carbocycles. The van der Waals surface area contributed by atoms with E-state index in [4.69, 9.17) is 9.47 Å². The SMILES string of the molecule is COc1ccc(S(=O)(=O)N(CC(=O)NCCCN2CCc3ccccc32)c2ccccc2)cc1OC. The first-order valence-corrected chi connectivity index (χ1v) is 13.3. The van der Waals surface area contributed by atoms with Crippen LogP contribution in [0.1, 0.15) is 12.0 Å². The van der Waals surface area contributed by atoms with Gasteiger partial charge < -0.3 is 19.7 Å². The quantitative estimate of drug-likeness (QED) is 0.398. The van der Waals surface area contributed by atoms with Crippen molar-refractivity contribution in [2.24, 2.45) is 0 Å². The number of para-hydroxylation sites is 2. The van der Waals surface area contributed by atoms with Gasteiger partial charge in [-0.3, -0.25) is 9.10 Å². The Bertz CT molecular complexity index is 1300. The van der Waals surface area contributed by atoms with Crippen LogP contribution >= 0.6 is 0 Å². The predicted octanol–water partition coefficient (Wildman–Crippen LogP) is 3.47. The van der Waals surface area contributed by atoms with Crippen LogP contribution in [0.5, 0.6) is 11.5 Å². The maximum Gasteiger partial charge on any atom is 0.264 e. The van der Waals surface area contributed by atoms with Gasteiger partial charge in [-0.15, -0.1) is 0 Å². The Hall–Kier alpha value is -3.72. The molecule has 1 heterocycles. The number of methoxy groups -OCH3 is 2. The van der Waals surface area contributed by atoms with E-state index in [0.29, 0.717) is 23.7 Å². The molecule has 4 rings (SSSR count). The summed E-state index contributed by atoms with van der Waals surface area (Å²) in [5.74, 6) is 0.338. The Morgan fingerprint density at radius 2 is 1.69 bits per heavy atom. The first kappa shape index (κ1) is 25.4. The molecular weight excluding hydrogens is 478 g/mol. The van der Waals surface area contributed by atoms with Gasteiger partial charge in [0.25, 0.3) is 10.0 Å². The van der Waals surface area contributed by atoms with Gasteiger partial charge in [-0.2, -0.15) is 0 Å². The Kier molecular flexibility index (Phi) is 8.00. The molecule has 9 heteroatoms. The van der Waals surface area contributed by atoms with Gasteiger partial charge in [-0.05, 0) is 48.7 Å². The van der Waals surface area contributed by atoms with E-state index in [0.717, 1.165) is 30.2 Å². The van der Waals surface area contributed by atoms with Gasteiger partial charge in [0.05, 0.1) is 24.8 Å². The third-order valence-corrected chi connectivity index (χ3v) is 7.95. The lowest BCUT2D eigenvalue weighted by Gasteiger charge is -2.24. The van der Waals surface area contributed by atoms with Gasteiger partial charge in [0.1, 0.15) is 6.54 Å². The molecule has 1 aliphatic heterocycles. The maximum absolute atomic E-state index is 13.6. The first-order chi connectivity index (χ1) is 17.4. The molecule has 1 N–H and O–H groups in total. The summed E-state index contributed by atoms with van der Waals surface area (Å²) in [4.78, 5) is 15.2. The largest absolute Gasteiger partial charge is 0.493 e. The third kappa shape index (κ3) is 5.57.